The Morgan fingerprint density at radius 1 is 1.04 bits per heavy atom. The van der Waals surface area contributed by atoms with Crippen molar-refractivity contribution in [1.82, 2.24) is 4.31 Å². The maximum absolute atomic E-state index is 12.6. The third kappa shape index (κ3) is 4.55. The SMILES string of the molecule is O=C(OCC(=O)c1ccc(Cl)cc1Cl)c1cccc(S(=O)(=O)N2CCCC2)c1. The molecule has 1 aliphatic rings. The van der Waals surface area contributed by atoms with Gasteiger partial charge in [-0.15, -0.1) is 0 Å². The molecule has 0 N–H and O–H groups in total. The van der Waals surface area contributed by atoms with E-state index in [1.54, 1.807) is 0 Å². The van der Waals surface area contributed by atoms with Crippen molar-refractivity contribution in [3.8, 4) is 0 Å². The van der Waals surface area contributed by atoms with E-state index in [1.807, 2.05) is 0 Å². The second-order valence-corrected chi connectivity index (χ2v) is 9.04. The van der Waals surface area contributed by atoms with Crippen molar-refractivity contribution in [2.75, 3.05) is 19.7 Å². The molecule has 0 unspecified atom stereocenters. The Kier molecular flexibility index (Phi) is 6.40. The van der Waals surface area contributed by atoms with E-state index in [4.69, 9.17) is 27.9 Å². The first-order chi connectivity index (χ1) is 13.3. The summed E-state index contributed by atoms with van der Waals surface area (Å²) in [6.45, 7) is 0.407. The largest absolute Gasteiger partial charge is 0.454 e. The molecule has 2 aromatic carbocycles. The number of hydrogen-bond acceptors (Lipinski definition) is 5. The molecule has 1 heterocycles. The van der Waals surface area contributed by atoms with Crippen molar-refractivity contribution in [2.45, 2.75) is 17.7 Å². The molecular formula is C19H17Cl2NO5S. The third-order valence-electron chi connectivity index (χ3n) is 4.34. The summed E-state index contributed by atoms with van der Waals surface area (Å²) in [7, 11) is -3.65. The summed E-state index contributed by atoms with van der Waals surface area (Å²) < 4.78 is 31.7. The van der Waals surface area contributed by atoms with Gasteiger partial charge in [0.2, 0.25) is 15.8 Å². The van der Waals surface area contributed by atoms with Crippen LogP contribution in [0.4, 0.5) is 0 Å². The van der Waals surface area contributed by atoms with Gasteiger partial charge in [-0.1, -0.05) is 29.3 Å². The predicted octanol–water partition coefficient (Wildman–Crippen LogP) is 3.82. The monoisotopic (exact) mass is 441 g/mol. The standard InChI is InChI=1S/C19H17Cl2NO5S/c20-14-6-7-16(17(21)11-14)18(23)12-27-19(24)13-4-3-5-15(10-13)28(25,26)22-8-1-2-9-22/h3-7,10-11H,1-2,8-9,12H2. The summed E-state index contributed by atoms with van der Waals surface area (Å²) >= 11 is 11.8. The van der Waals surface area contributed by atoms with E-state index in [9.17, 15) is 18.0 Å². The fraction of sp³-hybridized carbons (Fsp3) is 0.263. The van der Waals surface area contributed by atoms with E-state index in [2.05, 4.69) is 0 Å². The van der Waals surface area contributed by atoms with Crippen LogP contribution in [0, 0.1) is 0 Å². The Hall–Kier alpha value is -1.93. The Morgan fingerprint density at radius 2 is 1.75 bits per heavy atom. The van der Waals surface area contributed by atoms with Gasteiger partial charge in [0, 0.05) is 23.7 Å². The molecule has 0 bridgehead atoms. The second-order valence-electron chi connectivity index (χ2n) is 6.26. The van der Waals surface area contributed by atoms with E-state index in [1.165, 1.54) is 46.8 Å². The predicted molar refractivity (Wildman–Crippen MR) is 106 cm³/mol. The highest BCUT2D eigenvalue weighted by Crippen LogP contribution is 2.23. The second kappa shape index (κ2) is 8.61. The maximum atomic E-state index is 12.6. The Labute approximate surface area is 173 Å². The van der Waals surface area contributed by atoms with Crippen molar-refractivity contribution in [1.29, 1.82) is 0 Å². The molecule has 0 radical (unpaired) electrons. The average Bonchev–Trinajstić information content (AvgIpc) is 3.21. The lowest BCUT2D eigenvalue weighted by atomic mass is 10.1. The van der Waals surface area contributed by atoms with Gasteiger partial charge in [-0.25, -0.2) is 13.2 Å². The minimum absolute atomic E-state index is 0.0240. The lowest BCUT2D eigenvalue weighted by Crippen LogP contribution is -2.28. The molecule has 0 aromatic heterocycles. The first-order valence-electron chi connectivity index (χ1n) is 8.54. The zero-order valence-electron chi connectivity index (χ0n) is 14.7. The third-order valence-corrected chi connectivity index (χ3v) is 6.78. The van der Waals surface area contributed by atoms with Crippen molar-refractivity contribution < 1.29 is 22.7 Å². The molecule has 0 saturated carbocycles. The molecule has 0 aliphatic carbocycles. The van der Waals surface area contributed by atoms with Crippen LogP contribution in [-0.4, -0.2) is 44.2 Å². The highest BCUT2D eigenvalue weighted by molar-refractivity contribution is 7.89. The van der Waals surface area contributed by atoms with Crippen LogP contribution in [0.2, 0.25) is 10.0 Å². The number of sulfonamides is 1. The molecule has 1 fully saturated rings. The molecular weight excluding hydrogens is 425 g/mol. The molecule has 0 amide bonds. The van der Waals surface area contributed by atoms with Gasteiger partial charge < -0.3 is 4.74 Å². The van der Waals surface area contributed by atoms with E-state index in [0.29, 0.717) is 18.1 Å². The van der Waals surface area contributed by atoms with Gasteiger partial charge in [0.05, 0.1) is 15.5 Å². The van der Waals surface area contributed by atoms with Gasteiger partial charge in [-0.05, 0) is 49.2 Å². The van der Waals surface area contributed by atoms with E-state index in [0.717, 1.165) is 12.8 Å². The number of carbonyl (C=O) groups excluding carboxylic acids is 2. The van der Waals surface area contributed by atoms with E-state index >= 15 is 0 Å². The summed E-state index contributed by atoms with van der Waals surface area (Å²) in [5.41, 5.74) is 0.236. The van der Waals surface area contributed by atoms with Crippen molar-refractivity contribution in [3.05, 3.63) is 63.6 Å². The van der Waals surface area contributed by atoms with Crippen molar-refractivity contribution in [2.24, 2.45) is 0 Å². The number of halogens is 2. The smallest absolute Gasteiger partial charge is 0.338 e. The molecule has 9 heteroatoms. The number of Topliss-reactive ketones (excluding diaryl/α,β-unsaturated/α-hetero) is 1. The number of ketones is 1. The van der Waals surface area contributed by atoms with Crippen LogP contribution in [0.5, 0.6) is 0 Å². The first kappa shape index (κ1) is 20.8. The Balaban J connectivity index is 1.70. The molecule has 28 heavy (non-hydrogen) atoms. The fourth-order valence-corrected chi connectivity index (χ4v) is 4.95. The molecule has 1 saturated heterocycles. The van der Waals surface area contributed by atoms with Crippen LogP contribution in [0.1, 0.15) is 33.6 Å². The maximum Gasteiger partial charge on any atom is 0.338 e. The minimum atomic E-state index is -3.65. The number of esters is 1. The van der Waals surface area contributed by atoms with E-state index in [-0.39, 0.29) is 21.0 Å². The molecule has 0 spiro atoms. The average molecular weight is 442 g/mol. The van der Waals surface area contributed by atoms with Gasteiger partial charge in [-0.2, -0.15) is 4.31 Å². The number of nitrogens with zero attached hydrogens (tertiary/aromatic N) is 1. The van der Waals surface area contributed by atoms with Crippen LogP contribution in [-0.2, 0) is 14.8 Å². The molecule has 6 nitrogen and oxygen atoms in total. The van der Waals surface area contributed by atoms with Crippen LogP contribution in [0.3, 0.4) is 0 Å². The number of ether oxygens (including phenoxy) is 1. The Bertz CT molecular complexity index is 1020. The van der Waals surface area contributed by atoms with Crippen LogP contribution in [0.15, 0.2) is 47.4 Å². The first-order valence-corrected chi connectivity index (χ1v) is 10.7. The Morgan fingerprint density at radius 3 is 2.43 bits per heavy atom. The lowest BCUT2D eigenvalue weighted by Gasteiger charge is -2.15. The van der Waals surface area contributed by atoms with Crippen LogP contribution < -0.4 is 0 Å². The van der Waals surface area contributed by atoms with Gasteiger partial charge in [-0.3, -0.25) is 4.79 Å². The summed E-state index contributed by atoms with van der Waals surface area (Å²) in [6, 6.07) is 9.98. The summed E-state index contributed by atoms with van der Waals surface area (Å²) in [5, 5.41) is 0.543. The quantitative estimate of drug-likeness (QED) is 0.502. The van der Waals surface area contributed by atoms with Gasteiger partial charge in [0.25, 0.3) is 0 Å². The van der Waals surface area contributed by atoms with Gasteiger partial charge in [0.15, 0.2) is 6.61 Å². The van der Waals surface area contributed by atoms with Gasteiger partial charge in [0.1, 0.15) is 0 Å². The van der Waals surface area contributed by atoms with Gasteiger partial charge >= 0.3 is 5.97 Å². The number of benzene rings is 2. The minimum Gasteiger partial charge on any atom is -0.454 e. The molecule has 3 rings (SSSR count). The molecule has 148 valence electrons. The topological polar surface area (TPSA) is 80.8 Å². The molecule has 2 aromatic rings. The highest BCUT2D eigenvalue weighted by atomic mass is 35.5. The fourth-order valence-electron chi connectivity index (χ4n) is 2.87. The number of rotatable bonds is 6. The summed E-state index contributed by atoms with van der Waals surface area (Å²) in [4.78, 5) is 24.5. The van der Waals surface area contributed by atoms with Crippen molar-refractivity contribution >= 4 is 45.0 Å². The normalized spacial score (nSPS) is 14.8. The van der Waals surface area contributed by atoms with E-state index < -0.39 is 28.4 Å². The summed E-state index contributed by atoms with van der Waals surface area (Å²) in [5.74, 6) is -1.28. The van der Waals surface area contributed by atoms with Crippen LogP contribution in [0.25, 0.3) is 0 Å². The van der Waals surface area contributed by atoms with Crippen molar-refractivity contribution in [3.63, 3.8) is 0 Å². The molecule has 1 aliphatic heterocycles. The van der Waals surface area contributed by atoms with Crippen LogP contribution >= 0.6 is 23.2 Å². The molecule has 0 atom stereocenters. The number of carbonyl (C=O) groups is 2. The highest BCUT2D eigenvalue weighted by Gasteiger charge is 2.27. The summed E-state index contributed by atoms with van der Waals surface area (Å²) in [6.07, 6.45) is 1.63. The number of hydrogen-bond donors (Lipinski definition) is 0. The zero-order chi connectivity index (χ0) is 20.3. The lowest BCUT2D eigenvalue weighted by molar-refractivity contribution is 0.0474. The zero-order valence-corrected chi connectivity index (χ0v) is 17.1.